The van der Waals surface area contributed by atoms with Gasteiger partial charge in [-0.1, -0.05) is 54.6 Å². The monoisotopic (exact) mass is 397 g/mol. The molecule has 0 aliphatic carbocycles. The molecule has 0 fully saturated rings. The Balaban J connectivity index is 2.12. The van der Waals surface area contributed by atoms with E-state index in [4.69, 9.17) is 4.74 Å². The number of aromatic nitrogens is 1. The molecule has 0 unspecified atom stereocenters. The Hall–Kier alpha value is -2.33. The van der Waals surface area contributed by atoms with Gasteiger partial charge in [0.25, 0.3) is 0 Å². The average Bonchev–Trinajstić information content (AvgIpc) is 2.96. The van der Waals surface area contributed by atoms with E-state index in [1.807, 2.05) is 63.2 Å². The van der Waals surface area contributed by atoms with Crippen LogP contribution in [0.5, 0.6) is 0 Å². The quantitative estimate of drug-likeness (QED) is 0.502. The van der Waals surface area contributed by atoms with Gasteiger partial charge in [-0.25, -0.2) is 4.79 Å². The van der Waals surface area contributed by atoms with Gasteiger partial charge in [-0.3, -0.25) is 4.57 Å². The van der Waals surface area contributed by atoms with Gasteiger partial charge in [0.05, 0.1) is 5.69 Å². The maximum atomic E-state index is 12.6. The highest BCUT2D eigenvalue weighted by molar-refractivity contribution is 9.10. The van der Waals surface area contributed by atoms with Gasteiger partial charge < -0.3 is 4.74 Å². The Morgan fingerprint density at radius 3 is 2.20 bits per heavy atom. The second-order valence-corrected chi connectivity index (χ2v) is 7.72. The summed E-state index contributed by atoms with van der Waals surface area (Å²) in [6.45, 7) is 5.59. The second-order valence-electron chi connectivity index (χ2n) is 6.81. The van der Waals surface area contributed by atoms with Crippen LogP contribution in [0.1, 0.15) is 20.8 Å². The normalized spacial score (nSPS) is 11.4. The lowest BCUT2D eigenvalue weighted by Gasteiger charge is -2.21. The number of hydrogen-bond donors (Lipinski definition) is 0. The van der Waals surface area contributed by atoms with Crippen molar-refractivity contribution in [1.29, 1.82) is 0 Å². The Labute approximate surface area is 156 Å². The molecule has 0 atom stereocenters. The summed E-state index contributed by atoms with van der Waals surface area (Å²) in [5.74, 6) is 0. The molecule has 0 aliphatic rings. The summed E-state index contributed by atoms with van der Waals surface area (Å²) in [6, 6.07) is 20.1. The predicted octanol–water partition coefficient (Wildman–Crippen LogP) is 6.37. The standard InChI is InChI=1S/C21H20BrNO2/c1-21(2,3)25-20(24)23-14-16(22)13-19(23)18-12-8-7-11-17(18)15-9-5-4-6-10-15/h4-14H,1-3H3. The van der Waals surface area contributed by atoms with Crippen molar-refractivity contribution in [1.82, 2.24) is 4.57 Å². The highest BCUT2D eigenvalue weighted by Gasteiger charge is 2.22. The van der Waals surface area contributed by atoms with E-state index in [2.05, 4.69) is 34.1 Å². The summed E-state index contributed by atoms with van der Waals surface area (Å²) in [5, 5.41) is 0. The minimum atomic E-state index is -0.552. The summed E-state index contributed by atoms with van der Waals surface area (Å²) >= 11 is 3.48. The molecule has 0 N–H and O–H groups in total. The molecule has 0 saturated heterocycles. The highest BCUT2D eigenvalue weighted by Crippen LogP contribution is 2.34. The van der Waals surface area contributed by atoms with Gasteiger partial charge in [-0.05, 0) is 53.9 Å². The van der Waals surface area contributed by atoms with Crippen LogP contribution in [-0.4, -0.2) is 16.3 Å². The van der Waals surface area contributed by atoms with Gasteiger partial charge in [-0.2, -0.15) is 0 Å². The molecule has 1 heterocycles. The molecular weight excluding hydrogens is 378 g/mol. The molecule has 25 heavy (non-hydrogen) atoms. The number of halogens is 1. The van der Waals surface area contributed by atoms with Gasteiger partial charge in [-0.15, -0.1) is 0 Å². The second kappa shape index (κ2) is 6.89. The molecule has 0 radical (unpaired) electrons. The van der Waals surface area contributed by atoms with Crippen molar-refractivity contribution in [2.45, 2.75) is 26.4 Å². The number of carbonyl (C=O) groups excluding carboxylic acids is 1. The fraction of sp³-hybridized carbons (Fsp3) is 0.190. The molecule has 128 valence electrons. The molecule has 3 rings (SSSR count). The number of rotatable bonds is 2. The Bertz CT molecular complexity index is 892. The first kappa shape index (κ1) is 17.5. The minimum Gasteiger partial charge on any atom is -0.443 e. The predicted molar refractivity (Wildman–Crippen MR) is 105 cm³/mol. The molecule has 0 aliphatic heterocycles. The minimum absolute atomic E-state index is 0.393. The van der Waals surface area contributed by atoms with E-state index in [1.54, 1.807) is 10.8 Å². The van der Waals surface area contributed by atoms with Gasteiger partial charge in [0.1, 0.15) is 5.60 Å². The van der Waals surface area contributed by atoms with Gasteiger partial charge in [0, 0.05) is 16.2 Å². The molecule has 0 bridgehead atoms. The van der Waals surface area contributed by atoms with E-state index in [0.717, 1.165) is 26.9 Å². The number of benzene rings is 2. The van der Waals surface area contributed by atoms with Crippen LogP contribution in [0.3, 0.4) is 0 Å². The SMILES string of the molecule is CC(C)(C)OC(=O)n1cc(Br)cc1-c1ccccc1-c1ccccc1. The van der Waals surface area contributed by atoms with Crippen molar-refractivity contribution in [3.8, 4) is 22.4 Å². The summed E-state index contributed by atoms with van der Waals surface area (Å²) < 4.78 is 7.93. The topological polar surface area (TPSA) is 31.2 Å². The van der Waals surface area contributed by atoms with Crippen molar-refractivity contribution in [3.05, 3.63) is 71.3 Å². The molecule has 0 amide bonds. The number of carbonyl (C=O) groups is 1. The molecule has 3 nitrogen and oxygen atoms in total. The molecule has 1 aromatic heterocycles. The van der Waals surface area contributed by atoms with Crippen LogP contribution >= 0.6 is 15.9 Å². The molecule has 3 aromatic rings. The van der Waals surface area contributed by atoms with Crippen LogP contribution in [0.25, 0.3) is 22.4 Å². The lowest BCUT2D eigenvalue weighted by Crippen LogP contribution is -2.27. The molecule has 4 heteroatoms. The van der Waals surface area contributed by atoms with Crippen molar-refractivity contribution in [2.75, 3.05) is 0 Å². The van der Waals surface area contributed by atoms with E-state index >= 15 is 0 Å². The lowest BCUT2D eigenvalue weighted by molar-refractivity contribution is 0.0540. The Morgan fingerprint density at radius 2 is 1.56 bits per heavy atom. The highest BCUT2D eigenvalue weighted by atomic mass is 79.9. The fourth-order valence-corrected chi connectivity index (χ4v) is 3.10. The summed E-state index contributed by atoms with van der Waals surface area (Å²) in [7, 11) is 0. The van der Waals surface area contributed by atoms with Gasteiger partial charge in [0.15, 0.2) is 0 Å². The number of ether oxygens (including phenoxy) is 1. The van der Waals surface area contributed by atoms with Crippen LogP contribution in [0, 0.1) is 0 Å². The average molecular weight is 398 g/mol. The van der Waals surface area contributed by atoms with Gasteiger partial charge >= 0.3 is 6.09 Å². The molecule has 0 saturated carbocycles. The Kier molecular flexibility index (Phi) is 4.82. The van der Waals surface area contributed by atoms with E-state index in [0.29, 0.717) is 0 Å². The zero-order valence-corrected chi connectivity index (χ0v) is 16.1. The van der Waals surface area contributed by atoms with Crippen LogP contribution in [0.15, 0.2) is 71.3 Å². The zero-order chi connectivity index (χ0) is 18.0. The largest absolute Gasteiger partial charge is 0.443 e. The third kappa shape index (κ3) is 4.02. The van der Waals surface area contributed by atoms with Crippen molar-refractivity contribution < 1.29 is 9.53 Å². The summed E-state index contributed by atoms with van der Waals surface area (Å²) in [6.07, 6.45) is 1.35. The first-order valence-electron chi connectivity index (χ1n) is 8.11. The van der Waals surface area contributed by atoms with E-state index in [1.165, 1.54) is 0 Å². The summed E-state index contributed by atoms with van der Waals surface area (Å²) in [5.41, 5.74) is 3.39. The third-order valence-electron chi connectivity index (χ3n) is 3.66. The van der Waals surface area contributed by atoms with Crippen molar-refractivity contribution in [3.63, 3.8) is 0 Å². The number of hydrogen-bond acceptors (Lipinski definition) is 2. The summed E-state index contributed by atoms with van der Waals surface area (Å²) in [4.78, 5) is 12.6. The third-order valence-corrected chi connectivity index (χ3v) is 4.10. The van der Waals surface area contributed by atoms with E-state index < -0.39 is 11.7 Å². The zero-order valence-electron chi connectivity index (χ0n) is 14.5. The van der Waals surface area contributed by atoms with E-state index in [9.17, 15) is 4.79 Å². The van der Waals surface area contributed by atoms with Crippen LogP contribution < -0.4 is 0 Å². The maximum absolute atomic E-state index is 12.6. The lowest BCUT2D eigenvalue weighted by atomic mass is 9.98. The fourth-order valence-electron chi connectivity index (χ4n) is 2.68. The van der Waals surface area contributed by atoms with Crippen molar-refractivity contribution >= 4 is 22.0 Å². The van der Waals surface area contributed by atoms with E-state index in [-0.39, 0.29) is 0 Å². The first-order valence-corrected chi connectivity index (χ1v) is 8.90. The maximum Gasteiger partial charge on any atom is 0.419 e. The van der Waals surface area contributed by atoms with Crippen LogP contribution in [-0.2, 0) is 4.74 Å². The van der Waals surface area contributed by atoms with Gasteiger partial charge in [0.2, 0.25) is 0 Å². The molecular formula is C21H20BrNO2. The molecule has 0 spiro atoms. The van der Waals surface area contributed by atoms with Crippen molar-refractivity contribution in [2.24, 2.45) is 0 Å². The first-order chi connectivity index (χ1) is 11.8. The number of nitrogens with zero attached hydrogens (tertiary/aromatic N) is 1. The Morgan fingerprint density at radius 1 is 0.960 bits per heavy atom. The molecule has 2 aromatic carbocycles. The van der Waals surface area contributed by atoms with Crippen LogP contribution in [0.4, 0.5) is 4.79 Å². The van der Waals surface area contributed by atoms with Crippen LogP contribution in [0.2, 0.25) is 0 Å². The smallest absolute Gasteiger partial charge is 0.419 e.